The standard InChI is InChI=1S/C16H19N3O/c17-9-13-2-1-3-14(8-13)11-20-10-12-4-6-15(7-5-12)16(18)19/h1-8H,9-11,17H2,(H3,18,19). The number of nitrogens with two attached hydrogens (primary N) is 2. The van der Waals surface area contributed by atoms with E-state index in [1.165, 1.54) is 0 Å². The van der Waals surface area contributed by atoms with Gasteiger partial charge in [0.15, 0.2) is 0 Å². The second kappa shape index (κ2) is 6.84. The first-order chi connectivity index (χ1) is 9.69. The van der Waals surface area contributed by atoms with E-state index in [2.05, 4.69) is 6.07 Å². The van der Waals surface area contributed by atoms with Gasteiger partial charge in [-0.1, -0.05) is 48.5 Å². The third-order valence-corrected chi connectivity index (χ3v) is 3.03. The van der Waals surface area contributed by atoms with Crippen LogP contribution in [0.5, 0.6) is 0 Å². The fraction of sp³-hybridized carbons (Fsp3) is 0.188. The number of benzene rings is 2. The third-order valence-electron chi connectivity index (χ3n) is 3.03. The van der Waals surface area contributed by atoms with Crippen molar-refractivity contribution in [3.05, 3.63) is 70.8 Å². The Balaban J connectivity index is 1.87. The molecule has 20 heavy (non-hydrogen) atoms. The Kier molecular flexibility index (Phi) is 4.87. The summed E-state index contributed by atoms with van der Waals surface area (Å²) in [4.78, 5) is 0. The van der Waals surface area contributed by atoms with Crippen LogP contribution in [0.1, 0.15) is 22.3 Å². The molecule has 104 valence electrons. The second-order valence-corrected chi connectivity index (χ2v) is 4.63. The molecule has 0 heterocycles. The largest absolute Gasteiger partial charge is 0.384 e. The minimum atomic E-state index is 0.0797. The molecule has 0 fully saturated rings. The van der Waals surface area contributed by atoms with Crippen molar-refractivity contribution in [2.75, 3.05) is 0 Å². The first-order valence-electron chi connectivity index (χ1n) is 6.48. The maximum atomic E-state index is 7.33. The minimum absolute atomic E-state index is 0.0797. The quantitative estimate of drug-likeness (QED) is 0.555. The van der Waals surface area contributed by atoms with E-state index in [0.717, 1.165) is 22.3 Å². The number of nitrogens with one attached hydrogen (secondary N) is 1. The Bertz CT molecular complexity index is 579. The van der Waals surface area contributed by atoms with E-state index in [-0.39, 0.29) is 5.84 Å². The molecule has 0 aliphatic rings. The molecule has 0 spiro atoms. The van der Waals surface area contributed by atoms with Crippen LogP contribution < -0.4 is 11.5 Å². The zero-order valence-electron chi connectivity index (χ0n) is 11.3. The van der Waals surface area contributed by atoms with Gasteiger partial charge in [-0.2, -0.15) is 0 Å². The molecule has 0 atom stereocenters. The van der Waals surface area contributed by atoms with Gasteiger partial charge < -0.3 is 16.2 Å². The lowest BCUT2D eigenvalue weighted by Gasteiger charge is -2.07. The summed E-state index contributed by atoms with van der Waals surface area (Å²) < 4.78 is 5.68. The number of hydrogen-bond donors (Lipinski definition) is 3. The maximum Gasteiger partial charge on any atom is 0.122 e. The number of ether oxygens (including phenoxy) is 1. The number of amidine groups is 1. The smallest absolute Gasteiger partial charge is 0.122 e. The molecule has 2 rings (SSSR count). The predicted molar refractivity (Wildman–Crippen MR) is 80.3 cm³/mol. The van der Waals surface area contributed by atoms with Gasteiger partial charge >= 0.3 is 0 Å². The number of nitrogen functional groups attached to an aromatic ring is 1. The summed E-state index contributed by atoms with van der Waals surface area (Å²) in [7, 11) is 0. The van der Waals surface area contributed by atoms with Crippen molar-refractivity contribution in [1.29, 1.82) is 5.41 Å². The first-order valence-corrected chi connectivity index (χ1v) is 6.48. The van der Waals surface area contributed by atoms with Gasteiger partial charge in [0, 0.05) is 12.1 Å². The average molecular weight is 269 g/mol. The van der Waals surface area contributed by atoms with E-state index in [9.17, 15) is 0 Å². The lowest BCUT2D eigenvalue weighted by atomic mass is 10.1. The van der Waals surface area contributed by atoms with Crippen molar-refractivity contribution in [1.82, 2.24) is 0 Å². The minimum Gasteiger partial charge on any atom is -0.384 e. The molecule has 0 aliphatic heterocycles. The Morgan fingerprint density at radius 3 is 2.25 bits per heavy atom. The molecule has 0 aromatic heterocycles. The van der Waals surface area contributed by atoms with Crippen LogP contribution >= 0.6 is 0 Å². The van der Waals surface area contributed by atoms with Gasteiger partial charge in [-0.15, -0.1) is 0 Å². The zero-order chi connectivity index (χ0) is 14.4. The number of rotatable bonds is 6. The van der Waals surface area contributed by atoms with Crippen LogP contribution in [0, 0.1) is 5.41 Å². The molecule has 0 amide bonds. The molecule has 0 saturated heterocycles. The molecule has 4 nitrogen and oxygen atoms in total. The van der Waals surface area contributed by atoms with Crippen LogP contribution in [0.3, 0.4) is 0 Å². The Morgan fingerprint density at radius 2 is 1.60 bits per heavy atom. The van der Waals surface area contributed by atoms with Crippen molar-refractivity contribution in [3.63, 3.8) is 0 Å². The zero-order valence-corrected chi connectivity index (χ0v) is 11.3. The Morgan fingerprint density at radius 1 is 0.950 bits per heavy atom. The summed E-state index contributed by atoms with van der Waals surface area (Å²) in [5, 5.41) is 7.33. The Labute approximate surface area is 118 Å². The van der Waals surface area contributed by atoms with Gasteiger partial charge in [0.05, 0.1) is 13.2 Å². The summed E-state index contributed by atoms with van der Waals surface area (Å²) in [6.07, 6.45) is 0. The van der Waals surface area contributed by atoms with Crippen molar-refractivity contribution >= 4 is 5.84 Å². The Hall–Kier alpha value is -2.17. The lowest BCUT2D eigenvalue weighted by Crippen LogP contribution is -2.10. The second-order valence-electron chi connectivity index (χ2n) is 4.63. The van der Waals surface area contributed by atoms with Crippen LogP contribution in [0.15, 0.2) is 48.5 Å². The van der Waals surface area contributed by atoms with E-state index in [4.69, 9.17) is 21.6 Å². The van der Waals surface area contributed by atoms with Gasteiger partial charge in [-0.05, 0) is 16.7 Å². The normalized spacial score (nSPS) is 10.4. The molecule has 4 heteroatoms. The molecule has 2 aromatic carbocycles. The summed E-state index contributed by atoms with van der Waals surface area (Å²) in [5.74, 6) is 0.0797. The molecular weight excluding hydrogens is 250 g/mol. The van der Waals surface area contributed by atoms with Gasteiger partial charge in [-0.3, -0.25) is 5.41 Å². The fourth-order valence-electron chi connectivity index (χ4n) is 1.91. The maximum absolute atomic E-state index is 7.33. The first kappa shape index (κ1) is 14.2. The van der Waals surface area contributed by atoms with Crippen molar-refractivity contribution in [2.24, 2.45) is 11.5 Å². The van der Waals surface area contributed by atoms with Gasteiger partial charge in [-0.25, -0.2) is 0 Å². The van der Waals surface area contributed by atoms with Crippen molar-refractivity contribution < 1.29 is 4.74 Å². The van der Waals surface area contributed by atoms with E-state index < -0.39 is 0 Å². The van der Waals surface area contributed by atoms with E-state index >= 15 is 0 Å². The molecule has 2 aromatic rings. The average Bonchev–Trinajstić information content (AvgIpc) is 2.48. The highest BCUT2D eigenvalue weighted by Gasteiger charge is 1.99. The van der Waals surface area contributed by atoms with Gasteiger partial charge in [0.25, 0.3) is 0 Å². The van der Waals surface area contributed by atoms with Gasteiger partial charge in [0.2, 0.25) is 0 Å². The molecular formula is C16H19N3O. The molecule has 5 N–H and O–H groups in total. The van der Waals surface area contributed by atoms with Crippen LogP contribution in [0.2, 0.25) is 0 Å². The predicted octanol–water partition coefficient (Wildman–Crippen LogP) is 2.15. The highest BCUT2D eigenvalue weighted by atomic mass is 16.5. The van der Waals surface area contributed by atoms with Crippen LogP contribution in [-0.4, -0.2) is 5.84 Å². The topological polar surface area (TPSA) is 85.1 Å². The van der Waals surface area contributed by atoms with E-state index in [0.29, 0.717) is 19.8 Å². The molecule has 0 bridgehead atoms. The van der Waals surface area contributed by atoms with Crippen molar-refractivity contribution in [3.8, 4) is 0 Å². The lowest BCUT2D eigenvalue weighted by molar-refractivity contribution is 0.107. The SMILES string of the molecule is N=C(N)c1ccc(COCc2cccc(CN)c2)cc1. The highest BCUT2D eigenvalue weighted by Crippen LogP contribution is 2.09. The summed E-state index contributed by atoms with van der Waals surface area (Å²) >= 11 is 0. The fourth-order valence-corrected chi connectivity index (χ4v) is 1.91. The van der Waals surface area contributed by atoms with Gasteiger partial charge in [0.1, 0.15) is 5.84 Å². The van der Waals surface area contributed by atoms with Crippen LogP contribution in [0.4, 0.5) is 0 Å². The van der Waals surface area contributed by atoms with E-state index in [1.807, 2.05) is 42.5 Å². The summed E-state index contributed by atoms with van der Waals surface area (Å²) in [6, 6.07) is 15.6. The van der Waals surface area contributed by atoms with E-state index in [1.54, 1.807) is 0 Å². The molecule has 0 unspecified atom stereocenters. The molecule has 0 saturated carbocycles. The summed E-state index contributed by atoms with van der Waals surface area (Å²) in [6.45, 7) is 1.63. The molecule has 0 radical (unpaired) electrons. The van der Waals surface area contributed by atoms with Crippen LogP contribution in [0.25, 0.3) is 0 Å². The molecule has 0 aliphatic carbocycles. The monoisotopic (exact) mass is 269 g/mol. The van der Waals surface area contributed by atoms with Crippen molar-refractivity contribution in [2.45, 2.75) is 19.8 Å². The number of hydrogen-bond acceptors (Lipinski definition) is 3. The summed E-state index contributed by atoms with van der Waals surface area (Å²) in [5.41, 5.74) is 15.0. The third kappa shape index (κ3) is 3.91. The highest BCUT2D eigenvalue weighted by molar-refractivity contribution is 5.94. The van der Waals surface area contributed by atoms with Crippen LogP contribution in [-0.2, 0) is 24.5 Å².